The number of nitrogens with one attached hydrogen (secondary N) is 1. The zero-order valence-corrected chi connectivity index (χ0v) is 17.3. The highest BCUT2D eigenvalue weighted by molar-refractivity contribution is 7.92. The third-order valence-corrected chi connectivity index (χ3v) is 7.13. The number of benzene rings is 2. The van der Waals surface area contributed by atoms with Gasteiger partial charge in [0.05, 0.1) is 26.9 Å². The summed E-state index contributed by atoms with van der Waals surface area (Å²) in [4.78, 5) is 25.1. The molecule has 0 aliphatic rings. The van der Waals surface area contributed by atoms with Crippen LogP contribution in [0.2, 0.25) is 0 Å². The standard InChI is InChI=1S/C20H23N3O4S/c1-12(2)28(26,27)18-11-17-16(22(4)20(25)23(17)5)10-15(18)21-19(24)14-9-7-6-8-13(14)3/h6-12H,1-5H3,(H,21,24). The molecule has 0 saturated heterocycles. The van der Waals surface area contributed by atoms with Gasteiger partial charge in [-0.3, -0.25) is 13.9 Å². The van der Waals surface area contributed by atoms with Crippen LogP contribution in [-0.2, 0) is 23.9 Å². The molecule has 0 unspecified atom stereocenters. The quantitative estimate of drug-likeness (QED) is 0.728. The Morgan fingerprint density at radius 1 is 1.04 bits per heavy atom. The maximum Gasteiger partial charge on any atom is 0.328 e. The number of amides is 1. The molecule has 1 heterocycles. The SMILES string of the molecule is Cc1ccccc1C(=O)Nc1cc2c(cc1S(=O)(=O)C(C)C)n(C)c(=O)n2C. The van der Waals surface area contributed by atoms with Gasteiger partial charge in [-0.25, -0.2) is 13.2 Å². The van der Waals surface area contributed by atoms with Gasteiger partial charge in [0.15, 0.2) is 9.84 Å². The molecule has 0 spiro atoms. The molecule has 0 aliphatic carbocycles. The van der Waals surface area contributed by atoms with Crippen molar-refractivity contribution in [2.75, 3.05) is 5.32 Å². The van der Waals surface area contributed by atoms with Crippen molar-refractivity contribution in [1.82, 2.24) is 9.13 Å². The van der Waals surface area contributed by atoms with Crippen LogP contribution in [0, 0.1) is 6.92 Å². The van der Waals surface area contributed by atoms with Gasteiger partial charge in [0.25, 0.3) is 5.91 Å². The molecule has 148 valence electrons. The lowest BCUT2D eigenvalue weighted by atomic mass is 10.1. The molecule has 8 heteroatoms. The number of aryl methyl sites for hydroxylation is 3. The Morgan fingerprint density at radius 2 is 1.61 bits per heavy atom. The second-order valence-corrected chi connectivity index (χ2v) is 9.57. The molecule has 1 amide bonds. The monoisotopic (exact) mass is 401 g/mol. The normalized spacial score (nSPS) is 11.9. The molecule has 0 fully saturated rings. The maximum atomic E-state index is 12.9. The van der Waals surface area contributed by atoms with Gasteiger partial charge in [0.2, 0.25) is 0 Å². The summed E-state index contributed by atoms with van der Waals surface area (Å²) >= 11 is 0. The van der Waals surface area contributed by atoms with Crippen molar-refractivity contribution < 1.29 is 13.2 Å². The first-order chi connectivity index (χ1) is 13.1. The fourth-order valence-electron chi connectivity index (χ4n) is 3.13. The Kier molecular flexibility index (Phi) is 4.93. The predicted octanol–water partition coefficient (Wildman–Crippen LogP) is 2.62. The Labute approximate surface area is 163 Å². The second kappa shape index (κ2) is 6.94. The topological polar surface area (TPSA) is 90.2 Å². The van der Waals surface area contributed by atoms with Crippen molar-refractivity contribution in [1.29, 1.82) is 0 Å². The lowest BCUT2D eigenvalue weighted by Gasteiger charge is -2.15. The molecule has 0 saturated carbocycles. The van der Waals surface area contributed by atoms with Crippen molar-refractivity contribution in [3.8, 4) is 0 Å². The number of fused-ring (bicyclic) bond motifs is 1. The first-order valence-electron chi connectivity index (χ1n) is 8.86. The summed E-state index contributed by atoms with van der Waals surface area (Å²) in [5.41, 5.74) is 2.15. The number of carbonyl (C=O) groups excluding carboxylic acids is 1. The van der Waals surface area contributed by atoms with Gasteiger partial charge < -0.3 is 5.32 Å². The molecular weight excluding hydrogens is 378 g/mol. The summed E-state index contributed by atoms with van der Waals surface area (Å²) in [6.07, 6.45) is 0. The first kappa shape index (κ1) is 19.9. The third-order valence-electron chi connectivity index (χ3n) is 4.94. The summed E-state index contributed by atoms with van der Waals surface area (Å²) in [5, 5.41) is 2.05. The number of anilines is 1. The van der Waals surface area contributed by atoms with Gasteiger partial charge in [-0.05, 0) is 44.5 Å². The molecule has 0 atom stereocenters. The van der Waals surface area contributed by atoms with Crippen LogP contribution in [0.15, 0.2) is 46.1 Å². The third kappa shape index (κ3) is 3.13. The van der Waals surface area contributed by atoms with E-state index in [1.54, 1.807) is 46.1 Å². The summed E-state index contributed by atoms with van der Waals surface area (Å²) < 4.78 is 28.7. The summed E-state index contributed by atoms with van der Waals surface area (Å²) in [6, 6.07) is 10.1. The lowest BCUT2D eigenvalue weighted by molar-refractivity contribution is 0.102. The Morgan fingerprint density at radius 3 is 2.18 bits per heavy atom. The maximum absolute atomic E-state index is 12.9. The van der Waals surface area contributed by atoms with E-state index in [0.29, 0.717) is 16.6 Å². The van der Waals surface area contributed by atoms with Crippen molar-refractivity contribution in [2.24, 2.45) is 14.1 Å². The van der Waals surface area contributed by atoms with E-state index in [1.165, 1.54) is 15.2 Å². The Balaban J connectivity index is 2.25. The van der Waals surface area contributed by atoms with E-state index in [-0.39, 0.29) is 16.3 Å². The highest BCUT2D eigenvalue weighted by Crippen LogP contribution is 2.30. The number of aromatic nitrogens is 2. The largest absolute Gasteiger partial charge is 0.328 e. The minimum absolute atomic E-state index is 0.00173. The van der Waals surface area contributed by atoms with Crippen LogP contribution in [0.5, 0.6) is 0 Å². The molecular formula is C20H23N3O4S. The molecule has 7 nitrogen and oxygen atoms in total. The van der Waals surface area contributed by atoms with E-state index in [4.69, 9.17) is 0 Å². The summed E-state index contributed by atoms with van der Waals surface area (Å²) in [5.74, 6) is -0.404. The van der Waals surface area contributed by atoms with E-state index in [0.717, 1.165) is 5.56 Å². The molecule has 0 aliphatic heterocycles. The van der Waals surface area contributed by atoms with E-state index < -0.39 is 21.0 Å². The number of rotatable bonds is 4. The number of hydrogen-bond donors (Lipinski definition) is 1. The number of hydrogen-bond acceptors (Lipinski definition) is 4. The number of carbonyl (C=O) groups is 1. The molecule has 2 aromatic carbocycles. The Bertz CT molecular complexity index is 1250. The van der Waals surface area contributed by atoms with Gasteiger partial charge in [-0.2, -0.15) is 0 Å². The zero-order valence-electron chi connectivity index (χ0n) is 16.5. The van der Waals surface area contributed by atoms with Gasteiger partial charge in [0, 0.05) is 19.7 Å². The molecule has 3 aromatic rings. The summed E-state index contributed by atoms with van der Waals surface area (Å²) in [6.45, 7) is 4.97. The van der Waals surface area contributed by atoms with E-state index in [1.807, 2.05) is 19.1 Å². The van der Waals surface area contributed by atoms with Gasteiger partial charge in [-0.15, -0.1) is 0 Å². The molecule has 1 aromatic heterocycles. The molecule has 0 radical (unpaired) electrons. The van der Waals surface area contributed by atoms with E-state index in [9.17, 15) is 18.0 Å². The zero-order chi connectivity index (χ0) is 20.8. The van der Waals surface area contributed by atoms with Gasteiger partial charge in [-0.1, -0.05) is 18.2 Å². The lowest BCUT2D eigenvalue weighted by Crippen LogP contribution is -2.19. The van der Waals surface area contributed by atoms with Crippen molar-refractivity contribution in [2.45, 2.75) is 30.9 Å². The molecule has 1 N–H and O–H groups in total. The minimum atomic E-state index is -3.70. The molecule has 0 bridgehead atoms. The predicted molar refractivity (Wildman–Crippen MR) is 110 cm³/mol. The van der Waals surface area contributed by atoms with Crippen LogP contribution in [-0.4, -0.2) is 28.7 Å². The number of sulfone groups is 1. The van der Waals surface area contributed by atoms with Gasteiger partial charge >= 0.3 is 5.69 Å². The highest BCUT2D eigenvalue weighted by atomic mass is 32.2. The fraction of sp³-hybridized carbons (Fsp3) is 0.300. The molecule has 28 heavy (non-hydrogen) atoms. The fourth-order valence-corrected chi connectivity index (χ4v) is 4.33. The average molecular weight is 401 g/mol. The average Bonchev–Trinajstić information content (AvgIpc) is 2.85. The van der Waals surface area contributed by atoms with Crippen LogP contribution in [0.25, 0.3) is 11.0 Å². The summed E-state index contributed by atoms with van der Waals surface area (Å²) in [7, 11) is -0.506. The van der Waals surface area contributed by atoms with E-state index >= 15 is 0 Å². The van der Waals surface area contributed by atoms with Crippen molar-refractivity contribution in [3.05, 3.63) is 58.0 Å². The van der Waals surface area contributed by atoms with Crippen LogP contribution in [0.4, 0.5) is 5.69 Å². The number of imidazole rings is 1. The van der Waals surface area contributed by atoms with Crippen molar-refractivity contribution >= 4 is 32.5 Å². The molecule has 3 rings (SSSR count). The van der Waals surface area contributed by atoms with Gasteiger partial charge in [0.1, 0.15) is 0 Å². The van der Waals surface area contributed by atoms with Crippen LogP contribution >= 0.6 is 0 Å². The van der Waals surface area contributed by atoms with E-state index in [2.05, 4.69) is 5.32 Å². The van der Waals surface area contributed by atoms with Crippen LogP contribution in [0.3, 0.4) is 0 Å². The minimum Gasteiger partial charge on any atom is -0.321 e. The van der Waals surface area contributed by atoms with Crippen molar-refractivity contribution in [3.63, 3.8) is 0 Å². The first-order valence-corrected chi connectivity index (χ1v) is 10.4. The smallest absolute Gasteiger partial charge is 0.321 e. The Hall–Kier alpha value is -2.87. The highest BCUT2D eigenvalue weighted by Gasteiger charge is 2.26. The number of nitrogens with zero attached hydrogens (tertiary/aromatic N) is 2. The van der Waals surface area contributed by atoms with Crippen LogP contribution in [0.1, 0.15) is 29.8 Å². The van der Waals surface area contributed by atoms with Crippen LogP contribution < -0.4 is 11.0 Å². The second-order valence-electron chi connectivity index (χ2n) is 7.10.